The molecule has 8 heteroatoms. The van der Waals surface area contributed by atoms with E-state index in [1.165, 1.54) is 0 Å². The van der Waals surface area contributed by atoms with E-state index in [4.69, 9.17) is 5.73 Å². The average molecular weight is 345 g/mol. The molecule has 132 valence electrons. The van der Waals surface area contributed by atoms with Gasteiger partial charge in [-0.25, -0.2) is 4.39 Å². The van der Waals surface area contributed by atoms with Gasteiger partial charge in [0.1, 0.15) is 0 Å². The Balaban J connectivity index is 3.48. The highest BCUT2D eigenvalue weighted by atomic mass is 19.4. The molecule has 0 aliphatic carbocycles. The molecule has 0 saturated heterocycles. The summed E-state index contributed by atoms with van der Waals surface area (Å²) in [4.78, 5) is 0. The number of halogens is 7. The second kappa shape index (κ2) is 6.20. The SMILES string of the molecule is CC(C)CC(C)c1cc(C(F)(C(F)(F)F)C(F)(F)F)ccc1N. The summed E-state index contributed by atoms with van der Waals surface area (Å²) in [6.45, 7) is 5.32. The molecule has 1 rings (SSSR count). The van der Waals surface area contributed by atoms with Gasteiger partial charge in [0.25, 0.3) is 0 Å². The Hall–Kier alpha value is -1.47. The van der Waals surface area contributed by atoms with Crippen molar-refractivity contribution in [1.29, 1.82) is 0 Å². The zero-order valence-electron chi connectivity index (χ0n) is 12.8. The number of anilines is 1. The van der Waals surface area contributed by atoms with E-state index < -0.39 is 29.5 Å². The van der Waals surface area contributed by atoms with Crippen molar-refractivity contribution in [2.75, 3.05) is 5.73 Å². The molecule has 1 atom stereocenters. The van der Waals surface area contributed by atoms with Crippen LogP contribution in [0.3, 0.4) is 0 Å². The summed E-state index contributed by atoms with van der Waals surface area (Å²) < 4.78 is 90.9. The van der Waals surface area contributed by atoms with Crippen LogP contribution in [0.2, 0.25) is 0 Å². The molecule has 1 aromatic rings. The highest BCUT2D eigenvalue weighted by Gasteiger charge is 2.73. The maximum atomic E-state index is 14.1. The molecule has 0 saturated carbocycles. The Labute approximate surface area is 129 Å². The topological polar surface area (TPSA) is 26.0 Å². The van der Waals surface area contributed by atoms with Crippen molar-refractivity contribution < 1.29 is 30.7 Å². The molecule has 0 radical (unpaired) electrons. The third kappa shape index (κ3) is 3.72. The standard InChI is InChI=1S/C15H18F7N/c1-8(2)6-9(3)11-7-10(4-5-12(11)23)13(16,14(17,18)19)15(20,21)22/h4-5,7-9H,6,23H2,1-3H3. The Morgan fingerprint density at radius 3 is 1.78 bits per heavy atom. The molecule has 0 spiro atoms. The van der Waals surface area contributed by atoms with Crippen molar-refractivity contribution in [3.8, 4) is 0 Å². The number of hydrogen-bond donors (Lipinski definition) is 1. The fourth-order valence-corrected chi connectivity index (χ4v) is 2.54. The molecule has 1 aromatic carbocycles. The molecule has 0 amide bonds. The number of nitrogens with two attached hydrogens (primary N) is 1. The van der Waals surface area contributed by atoms with Gasteiger partial charge in [-0.15, -0.1) is 0 Å². The summed E-state index contributed by atoms with van der Waals surface area (Å²) in [6, 6.07) is 1.89. The van der Waals surface area contributed by atoms with Crippen LogP contribution in [0.4, 0.5) is 36.4 Å². The number of nitrogen functional groups attached to an aromatic ring is 1. The van der Waals surface area contributed by atoms with Gasteiger partial charge in [0.2, 0.25) is 0 Å². The molecule has 0 heterocycles. The van der Waals surface area contributed by atoms with Gasteiger partial charge in [0.05, 0.1) is 0 Å². The fraction of sp³-hybridized carbons (Fsp3) is 0.600. The van der Waals surface area contributed by atoms with Gasteiger partial charge in [0, 0.05) is 11.3 Å². The first-order chi connectivity index (χ1) is 10.2. The van der Waals surface area contributed by atoms with Gasteiger partial charge >= 0.3 is 18.0 Å². The Morgan fingerprint density at radius 2 is 1.39 bits per heavy atom. The van der Waals surface area contributed by atoms with Crippen LogP contribution in [-0.2, 0) is 5.67 Å². The predicted molar refractivity (Wildman–Crippen MR) is 73.6 cm³/mol. The van der Waals surface area contributed by atoms with Gasteiger partial charge in [0.15, 0.2) is 0 Å². The molecule has 2 N–H and O–H groups in total. The minimum Gasteiger partial charge on any atom is -0.398 e. The molecular weight excluding hydrogens is 327 g/mol. The Morgan fingerprint density at radius 1 is 0.913 bits per heavy atom. The minimum absolute atomic E-state index is 0.0357. The van der Waals surface area contributed by atoms with Crippen LogP contribution in [0.1, 0.15) is 44.2 Å². The summed E-state index contributed by atoms with van der Waals surface area (Å²) >= 11 is 0. The molecule has 0 fully saturated rings. The third-order valence-electron chi connectivity index (χ3n) is 3.62. The molecule has 0 bridgehead atoms. The van der Waals surface area contributed by atoms with Crippen LogP contribution in [0.5, 0.6) is 0 Å². The summed E-state index contributed by atoms with van der Waals surface area (Å²) in [6.07, 6.45) is -11.8. The number of alkyl halides is 7. The van der Waals surface area contributed by atoms with Crippen LogP contribution in [0, 0.1) is 5.92 Å². The smallest absolute Gasteiger partial charge is 0.398 e. The number of hydrogen-bond acceptors (Lipinski definition) is 1. The molecule has 1 unspecified atom stereocenters. The van der Waals surface area contributed by atoms with Gasteiger partial charge in [-0.3, -0.25) is 0 Å². The number of rotatable bonds is 4. The molecule has 23 heavy (non-hydrogen) atoms. The summed E-state index contributed by atoms with van der Waals surface area (Å²) in [5, 5.41) is 0. The number of benzene rings is 1. The molecular formula is C15H18F7N. The lowest BCUT2D eigenvalue weighted by molar-refractivity contribution is -0.348. The molecule has 0 aromatic heterocycles. The van der Waals surface area contributed by atoms with E-state index in [0.29, 0.717) is 18.6 Å². The predicted octanol–water partition coefficient (Wildman–Crippen LogP) is 5.71. The third-order valence-corrected chi connectivity index (χ3v) is 3.62. The zero-order valence-corrected chi connectivity index (χ0v) is 12.8. The molecule has 0 aliphatic rings. The van der Waals surface area contributed by atoms with Crippen molar-refractivity contribution in [3.05, 3.63) is 29.3 Å². The van der Waals surface area contributed by atoms with E-state index in [9.17, 15) is 30.7 Å². The van der Waals surface area contributed by atoms with Crippen molar-refractivity contribution in [1.82, 2.24) is 0 Å². The van der Waals surface area contributed by atoms with Crippen LogP contribution >= 0.6 is 0 Å². The van der Waals surface area contributed by atoms with Crippen LogP contribution in [-0.4, -0.2) is 12.4 Å². The quantitative estimate of drug-likeness (QED) is 0.549. The van der Waals surface area contributed by atoms with E-state index >= 15 is 0 Å². The van der Waals surface area contributed by atoms with E-state index in [-0.39, 0.29) is 17.2 Å². The average Bonchev–Trinajstić information content (AvgIpc) is 2.34. The van der Waals surface area contributed by atoms with Crippen molar-refractivity contribution in [3.63, 3.8) is 0 Å². The van der Waals surface area contributed by atoms with E-state index in [2.05, 4.69) is 0 Å². The molecule has 0 aliphatic heterocycles. The fourth-order valence-electron chi connectivity index (χ4n) is 2.54. The van der Waals surface area contributed by atoms with Gasteiger partial charge in [-0.1, -0.05) is 26.8 Å². The van der Waals surface area contributed by atoms with Crippen molar-refractivity contribution in [2.45, 2.75) is 51.1 Å². The summed E-state index contributed by atoms with van der Waals surface area (Å²) in [5.41, 5.74) is -1.18. The lowest BCUT2D eigenvalue weighted by Crippen LogP contribution is -2.50. The van der Waals surface area contributed by atoms with Gasteiger partial charge in [-0.05, 0) is 36.0 Å². The first kappa shape index (κ1) is 19.6. The highest BCUT2D eigenvalue weighted by molar-refractivity contribution is 5.52. The monoisotopic (exact) mass is 345 g/mol. The maximum absolute atomic E-state index is 14.1. The summed E-state index contributed by atoms with van der Waals surface area (Å²) in [7, 11) is 0. The van der Waals surface area contributed by atoms with Gasteiger partial charge in [-0.2, -0.15) is 26.3 Å². The Kier molecular flexibility index (Phi) is 5.28. The molecule has 1 nitrogen and oxygen atoms in total. The van der Waals surface area contributed by atoms with Crippen LogP contribution < -0.4 is 5.73 Å². The first-order valence-corrected chi connectivity index (χ1v) is 6.94. The Bertz CT molecular complexity index is 532. The van der Waals surface area contributed by atoms with E-state index in [1.807, 2.05) is 13.8 Å². The van der Waals surface area contributed by atoms with Crippen LogP contribution in [0.15, 0.2) is 18.2 Å². The normalized spacial score (nSPS) is 15.1. The first-order valence-electron chi connectivity index (χ1n) is 6.94. The maximum Gasteiger partial charge on any atom is 0.435 e. The van der Waals surface area contributed by atoms with Gasteiger partial charge < -0.3 is 5.73 Å². The zero-order chi connectivity index (χ0) is 18.2. The van der Waals surface area contributed by atoms with Crippen LogP contribution in [0.25, 0.3) is 0 Å². The minimum atomic E-state index is -6.13. The van der Waals surface area contributed by atoms with Crippen molar-refractivity contribution in [2.24, 2.45) is 5.92 Å². The van der Waals surface area contributed by atoms with Crippen molar-refractivity contribution >= 4 is 5.69 Å². The largest absolute Gasteiger partial charge is 0.435 e. The lowest BCUT2D eigenvalue weighted by Gasteiger charge is -2.31. The van der Waals surface area contributed by atoms with E-state index in [0.717, 1.165) is 6.07 Å². The summed E-state index contributed by atoms with van der Waals surface area (Å²) in [5.74, 6) is -0.255. The second-order valence-electron chi connectivity index (χ2n) is 6.03. The van der Waals surface area contributed by atoms with E-state index in [1.54, 1.807) is 6.92 Å². The lowest BCUT2D eigenvalue weighted by atomic mass is 9.86. The second-order valence-corrected chi connectivity index (χ2v) is 6.03. The highest BCUT2D eigenvalue weighted by Crippen LogP contribution is 2.53.